The summed E-state index contributed by atoms with van der Waals surface area (Å²) in [4.78, 5) is 130. The van der Waals surface area contributed by atoms with Gasteiger partial charge in [-0.15, -0.1) is 0 Å². The zero-order valence-electron chi connectivity index (χ0n) is 62.2. The second kappa shape index (κ2) is 38.4. The Labute approximate surface area is 620 Å². The zero-order chi connectivity index (χ0) is 77.8. The van der Waals surface area contributed by atoms with Gasteiger partial charge in [-0.3, -0.25) is 71.2 Å². The monoisotopic (exact) mass is 1510 g/mol. The van der Waals surface area contributed by atoms with Crippen LogP contribution in [0.3, 0.4) is 0 Å². The lowest BCUT2D eigenvalue weighted by atomic mass is 9.84. The van der Waals surface area contributed by atoms with Crippen LogP contribution in [-0.2, 0) is 135 Å². The van der Waals surface area contributed by atoms with E-state index in [9.17, 15) is 52.5 Å². The Balaban J connectivity index is 0.722. The highest BCUT2D eigenvalue weighted by Gasteiger charge is 2.56. The molecule has 0 bridgehead atoms. The molecule has 6 N–H and O–H groups in total. The standard InChI is InChI=1S/C77H100F2N7O20P/c1-48(53-22-25-56(26-23-53)77(78,79)107(97,105-46-103-72(94)75(3,4)5)106-47-104-73(95)76(6,7)8)41-65(89)82-59-27-24-54-15-10-16-55-43-57(68(67(54)55)69(59)91)70(92)83-58(28-31-63(80)87)49(2)102-44-52-19-17-50(18-20-52)13-11-33-81-66(90)45-101-40-39-100-38-37-99-36-35-98-34-12-14-51-21-29-60-62(42-51)85(9)74(96)86(60)61-30-32-64(88)84-71(61)93/h10,15-23,25-26,29,41-42,49,57-59,61,68H,11-14,24,27-28,30-40,43-47H2,1-9H3,(H2,80,87)(H,81,90)(H,82,89)(H,83,92)(H,84,88,93)/b48-41+/t49-,57-,58+,59+,61?,68?/m1/s1. The number of aromatic nitrogens is 2. The molecule has 5 aromatic rings. The summed E-state index contributed by atoms with van der Waals surface area (Å²) in [7, 11) is -3.94. The highest BCUT2D eigenvalue weighted by molar-refractivity contribution is 7.54. The van der Waals surface area contributed by atoms with E-state index in [-0.39, 0.29) is 88.2 Å². The normalized spacial score (nSPS) is 17.6. The molecule has 6 amide bonds. The van der Waals surface area contributed by atoms with Crippen LogP contribution in [0.4, 0.5) is 8.78 Å². The Hall–Kier alpha value is -8.67. The summed E-state index contributed by atoms with van der Waals surface area (Å²) in [6.45, 7) is 13.1. The van der Waals surface area contributed by atoms with E-state index in [0.717, 1.165) is 58.4 Å². The summed E-state index contributed by atoms with van der Waals surface area (Å²) in [6, 6.07) is 21.1. The summed E-state index contributed by atoms with van der Waals surface area (Å²) >= 11 is 0. The number of rotatable bonds is 40. The Morgan fingerprint density at radius 1 is 0.729 bits per heavy atom. The van der Waals surface area contributed by atoms with Gasteiger partial charge in [-0.1, -0.05) is 72.8 Å². The van der Waals surface area contributed by atoms with E-state index < -0.39 is 115 Å². The number of piperidine rings is 1. The van der Waals surface area contributed by atoms with Gasteiger partial charge in [0.05, 0.1) is 98.1 Å². The van der Waals surface area contributed by atoms with Crippen molar-refractivity contribution in [3.8, 4) is 0 Å². The molecule has 6 atom stereocenters. The molecule has 582 valence electrons. The number of carbonyl (C=O) groups excluding carboxylic acids is 9. The number of ether oxygens (including phenoxy) is 7. The maximum Gasteiger partial charge on any atom is 0.410 e. The van der Waals surface area contributed by atoms with Crippen LogP contribution in [-0.4, -0.2) is 153 Å². The van der Waals surface area contributed by atoms with Gasteiger partial charge in [-0.2, -0.15) is 8.78 Å². The van der Waals surface area contributed by atoms with Crippen LogP contribution in [0.2, 0.25) is 0 Å². The number of hydrogen-bond acceptors (Lipinski definition) is 20. The van der Waals surface area contributed by atoms with E-state index in [2.05, 4.69) is 21.3 Å². The Bertz CT molecular complexity index is 4090. The van der Waals surface area contributed by atoms with Gasteiger partial charge in [0.15, 0.2) is 5.78 Å². The molecular weight excluding hydrogens is 1410 g/mol. The number of alkyl halides is 2. The van der Waals surface area contributed by atoms with Gasteiger partial charge in [-0.25, -0.2) is 4.79 Å². The predicted octanol–water partition coefficient (Wildman–Crippen LogP) is 8.15. The first-order valence-corrected chi connectivity index (χ1v) is 37.6. The van der Waals surface area contributed by atoms with Gasteiger partial charge in [0.1, 0.15) is 12.6 Å². The molecule has 0 radical (unpaired) electrons. The van der Waals surface area contributed by atoms with Crippen molar-refractivity contribution in [3.05, 3.63) is 146 Å². The molecule has 0 saturated carbocycles. The van der Waals surface area contributed by atoms with E-state index in [1.165, 1.54) is 68.9 Å². The number of ketones is 1. The van der Waals surface area contributed by atoms with Crippen molar-refractivity contribution in [2.24, 2.45) is 29.5 Å². The third-order valence-electron chi connectivity index (χ3n) is 18.7. The minimum atomic E-state index is -5.61. The molecule has 4 aromatic carbocycles. The molecule has 1 saturated heterocycles. The Kier molecular flexibility index (Phi) is 30.1. The number of benzene rings is 4. The fourth-order valence-corrected chi connectivity index (χ4v) is 13.9. The van der Waals surface area contributed by atoms with Crippen molar-refractivity contribution in [2.45, 2.75) is 168 Å². The molecule has 1 aromatic heterocycles. The Morgan fingerprint density at radius 2 is 1.33 bits per heavy atom. The molecule has 27 nitrogen and oxygen atoms in total. The number of imide groups is 1. The van der Waals surface area contributed by atoms with E-state index in [4.69, 9.17) is 47.9 Å². The molecule has 1 aliphatic heterocycles. The van der Waals surface area contributed by atoms with Crippen molar-refractivity contribution in [3.63, 3.8) is 0 Å². The first-order chi connectivity index (χ1) is 50.8. The van der Waals surface area contributed by atoms with Crippen molar-refractivity contribution in [2.75, 3.05) is 73.0 Å². The summed E-state index contributed by atoms with van der Waals surface area (Å²) < 4.78 is 98.0. The molecule has 0 spiro atoms. The minimum absolute atomic E-state index is 0.0583. The maximum atomic E-state index is 16.3. The summed E-state index contributed by atoms with van der Waals surface area (Å²) in [5.41, 5.74) is 5.26. The number of nitrogens with one attached hydrogen (secondary N) is 4. The number of fused-ring (bicyclic) bond motifs is 1. The van der Waals surface area contributed by atoms with Gasteiger partial charge in [0, 0.05) is 44.7 Å². The second-order valence-electron chi connectivity index (χ2n) is 29.0. The van der Waals surface area contributed by atoms with Gasteiger partial charge < -0.3 is 54.8 Å². The van der Waals surface area contributed by atoms with Crippen molar-refractivity contribution in [1.29, 1.82) is 0 Å². The van der Waals surface area contributed by atoms with Crippen LogP contribution < -0.4 is 32.7 Å². The lowest BCUT2D eigenvalue weighted by Gasteiger charge is -2.28. The fraction of sp³-hybridized carbons (Fsp3) is 0.532. The number of primary amides is 1. The molecule has 3 aliphatic rings. The molecule has 107 heavy (non-hydrogen) atoms. The van der Waals surface area contributed by atoms with Gasteiger partial charge in [0.25, 0.3) is 0 Å². The van der Waals surface area contributed by atoms with Gasteiger partial charge >= 0.3 is 30.9 Å². The van der Waals surface area contributed by atoms with Gasteiger partial charge in [0.2, 0.25) is 49.0 Å². The van der Waals surface area contributed by atoms with Crippen LogP contribution in [0.15, 0.2) is 95.8 Å². The van der Waals surface area contributed by atoms with E-state index >= 15 is 8.78 Å². The highest BCUT2D eigenvalue weighted by Crippen LogP contribution is 2.67. The number of esters is 2. The molecule has 2 heterocycles. The number of hydrogen-bond donors (Lipinski definition) is 5. The quantitative estimate of drug-likeness (QED) is 0.00616. The number of allylic oxidation sites excluding steroid dienone is 1. The van der Waals surface area contributed by atoms with Crippen LogP contribution in [0.25, 0.3) is 16.6 Å². The number of aryl methyl sites for hydroxylation is 4. The van der Waals surface area contributed by atoms with Crippen molar-refractivity contribution in [1.82, 2.24) is 30.4 Å². The zero-order valence-corrected chi connectivity index (χ0v) is 63.1. The molecule has 2 unspecified atom stereocenters. The minimum Gasteiger partial charge on any atom is -0.438 e. The van der Waals surface area contributed by atoms with Crippen LogP contribution in [0.1, 0.15) is 157 Å². The number of Topliss-reactive ketones (excluding diaryl/α,β-unsaturated/α-hetero) is 1. The molecule has 8 rings (SSSR count). The van der Waals surface area contributed by atoms with Crippen LogP contribution in [0.5, 0.6) is 0 Å². The van der Waals surface area contributed by atoms with E-state index in [1.54, 1.807) is 20.9 Å². The van der Waals surface area contributed by atoms with Crippen molar-refractivity contribution >= 4 is 77.4 Å². The number of amides is 6. The summed E-state index contributed by atoms with van der Waals surface area (Å²) in [5, 5.41) is 11.1. The fourth-order valence-electron chi connectivity index (χ4n) is 12.6. The van der Waals surface area contributed by atoms with E-state index in [1.807, 2.05) is 60.7 Å². The topological polar surface area (TPSA) is 355 Å². The lowest BCUT2D eigenvalue weighted by Crippen LogP contribution is -2.49. The number of halogens is 2. The average Bonchev–Trinajstić information content (AvgIpc) is 1.65. The maximum absolute atomic E-state index is 16.3. The van der Waals surface area contributed by atoms with Crippen LogP contribution in [0, 0.1) is 16.7 Å². The van der Waals surface area contributed by atoms with Gasteiger partial charge in [-0.05, 0) is 170 Å². The molecule has 2 aliphatic carbocycles. The number of nitrogens with two attached hydrogens (primary N) is 1. The largest absolute Gasteiger partial charge is 0.438 e. The second-order valence-corrected chi connectivity index (χ2v) is 31.1. The Morgan fingerprint density at radius 3 is 1.95 bits per heavy atom. The van der Waals surface area contributed by atoms with Crippen molar-refractivity contribution < 1.29 is 98.7 Å². The first kappa shape index (κ1) is 84.0. The smallest absolute Gasteiger partial charge is 0.410 e. The summed E-state index contributed by atoms with van der Waals surface area (Å²) in [6.07, 6.45) is 4.83. The number of carbonyl (C=O) groups is 9. The van der Waals surface area contributed by atoms with E-state index in [0.29, 0.717) is 81.0 Å². The molecule has 30 heteroatoms. The first-order valence-electron chi connectivity index (χ1n) is 36.0. The average molecular weight is 1510 g/mol. The molecular formula is C77H100F2N7O20P. The SMILES string of the molecule is C/C(=C\C(=O)N[C@H]1CCc2cccc3c2C(C1=O)[C@H](C(=O)N[C@@H](CCC(N)=O)[C@@H](C)OCc1ccc(CCCNC(=O)COCCOCCOCCOCCCc2ccc4c(c2)n(C)c(=O)n4C2CCC(=O)NC2=O)cc1)C3)c1ccc(C(F)(F)P(=O)(OCOC(=O)C(C)(C)C)OCOC(=O)C(C)(C)C)cc1. The number of nitrogens with zero attached hydrogens (tertiary/aromatic N) is 2. The molecule has 1 fully saturated rings. The highest BCUT2D eigenvalue weighted by atomic mass is 31.2. The lowest BCUT2D eigenvalue weighted by molar-refractivity contribution is -0.163. The predicted molar refractivity (Wildman–Crippen MR) is 389 cm³/mol. The number of imidazole rings is 1. The summed E-state index contributed by atoms with van der Waals surface area (Å²) in [5.74, 6) is -6.60. The van der Waals surface area contributed by atoms with Crippen LogP contribution >= 0.6 is 7.60 Å². The third kappa shape index (κ3) is 23.2. The third-order valence-corrected chi connectivity index (χ3v) is 20.6.